The number of nitrogens with two attached hydrogens (primary N) is 2. The second kappa shape index (κ2) is 3.95. The number of anilines is 1. The van der Waals surface area contributed by atoms with E-state index in [9.17, 15) is 4.79 Å². The summed E-state index contributed by atoms with van der Waals surface area (Å²) in [6, 6.07) is 3.35. The van der Waals surface area contributed by atoms with E-state index in [1.54, 1.807) is 12.1 Å². The highest BCUT2D eigenvalue weighted by Gasteiger charge is 2.15. The molecule has 0 saturated heterocycles. The number of hydrazine groups is 1. The zero-order chi connectivity index (χ0) is 11.5. The van der Waals surface area contributed by atoms with E-state index >= 15 is 0 Å². The first-order valence-electron chi connectivity index (χ1n) is 4.36. The number of carbonyl (C=O) groups is 1. The molecular formula is C8H9N7O. The Morgan fingerprint density at radius 2 is 2.31 bits per heavy atom. The summed E-state index contributed by atoms with van der Waals surface area (Å²) in [7, 11) is 0. The van der Waals surface area contributed by atoms with Gasteiger partial charge >= 0.3 is 0 Å². The van der Waals surface area contributed by atoms with Gasteiger partial charge in [0.15, 0.2) is 5.82 Å². The molecule has 0 fully saturated rings. The SMILES string of the molecule is NNC(=O)c1cnn(-c2cccnn2)c1N. The zero-order valence-electron chi connectivity index (χ0n) is 8.16. The molecule has 8 heteroatoms. The minimum Gasteiger partial charge on any atom is -0.383 e. The summed E-state index contributed by atoms with van der Waals surface area (Å²) in [5.74, 6) is 5.08. The Morgan fingerprint density at radius 1 is 1.50 bits per heavy atom. The topological polar surface area (TPSA) is 125 Å². The van der Waals surface area contributed by atoms with Gasteiger partial charge in [0, 0.05) is 6.20 Å². The van der Waals surface area contributed by atoms with Crippen LogP contribution in [-0.4, -0.2) is 25.9 Å². The van der Waals surface area contributed by atoms with Crippen molar-refractivity contribution in [3.8, 4) is 5.82 Å². The van der Waals surface area contributed by atoms with Crippen LogP contribution in [0.3, 0.4) is 0 Å². The molecule has 2 aromatic heterocycles. The van der Waals surface area contributed by atoms with Crippen molar-refractivity contribution in [2.24, 2.45) is 5.84 Å². The normalized spacial score (nSPS) is 10.1. The molecule has 0 aliphatic rings. The number of aromatic nitrogens is 4. The molecule has 0 unspecified atom stereocenters. The van der Waals surface area contributed by atoms with Crippen LogP contribution in [0, 0.1) is 0 Å². The van der Waals surface area contributed by atoms with Crippen molar-refractivity contribution in [2.75, 3.05) is 5.73 Å². The van der Waals surface area contributed by atoms with Crippen molar-refractivity contribution in [3.05, 3.63) is 30.1 Å². The predicted octanol–water partition coefficient (Wildman–Crippen LogP) is -1.15. The molecule has 0 spiro atoms. The minimum absolute atomic E-state index is 0.156. The molecule has 0 radical (unpaired) electrons. The van der Waals surface area contributed by atoms with Crippen LogP contribution >= 0.6 is 0 Å². The van der Waals surface area contributed by atoms with Crippen molar-refractivity contribution in [2.45, 2.75) is 0 Å². The maximum absolute atomic E-state index is 11.3. The Morgan fingerprint density at radius 3 is 2.94 bits per heavy atom. The van der Waals surface area contributed by atoms with Gasteiger partial charge in [0.1, 0.15) is 11.4 Å². The van der Waals surface area contributed by atoms with Crippen LogP contribution in [0.1, 0.15) is 10.4 Å². The molecule has 2 heterocycles. The summed E-state index contributed by atoms with van der Waals surface area (Å²) < 4.78 is 1.30. The van der Waals surface area contributed by atoms with Crippen LogP contribution in [0.4, 0.5) is 5.82 Å². The number of carbonyl (C=O) groups excluding carboxylic acids is 1. The van der Waals surface area contributed by atoms with Crippen LogP contribution < -0.4 is 17.0 Å². The number of nitrogens with one attached hydrogen (secondary N) is 1. The fraction of sp³-hybridized carbons (Fsp3) is 0. The molecule has 82 valence electrons. The van der Waals surface area contributed by atoms with Crippen molar-refractivity contribution in [1.82, 2.24) is 25.4 Å². The first-order chi connectivity index (χ1) is 7.74. The lowest BCUT2D eigenvalue weighted by Crippen LogP contribution is -2.30. The van der Waals surface area contributed by atoms with E-state index in [2.05, 4.69) is 15.3 Å². The van der Waals surface area contributed by atoms with Gasteiger partial charge in [-0.15, -0.1) is 5.10 Å². The molecule has 0 atom stereocenters. The lowest BCUT2D eigenvalue weighted by Gasteiger charge is -2.02. The maximum Gasteiger partial charge on any atom is 0.270 e. The lowest BCUT2D eigenvalue weighted by atomic mass is 10.3. The molecule has 16 heavy (non-hydrogen) atoms. The molecule has 2 rings (SSSR count). The first-order valence-corrected chi connectivity index (χ1v) is 4.36. The average molecular weight is 219 g/mol. The summed E-state index contributed by atoms with van der Waals surface area (Å²) in [5.41, 5.74) is 7.89. The fourth-order valence-corrected chi connectivity index (χ4v) is 1.20. The second-order valence-electron chi connectivity index (χ2n) is 2.91. The smallest absolute Gasteiger partial charge is 0.270 e. The molecule has 0 aliphatic carbocycles. The van der Waals surface area contributed by atoms with Crippen LogP contribution in [0.5, 0.6) is 0 Å². The highest BCUT2D eigenvalue weighted by atomic mass is 16.2. The molecule has 1 amide bonds. The predicted molar refractivity (Wildman–Crippen MR) is 55.2 cm³/mol. The lowest BCUT2D eigenvalue weighted by molar-refractivity contribution is 0.0954. The van der Waals surface area contributed by atoms with Crippen molar-refractivity contribution in [1.29, 1.82) is 0 Å². The van der Waals surface area contributed by atoms with Gasteiger partial charge in [-0.2, -0.15) is 14.9 Å². The minimum atomic E-state index is -0.507. The van der Waals surface area contributed by atoms with Gasteiger partial charge in [-0.1, -0.05) is 0 Å². The summed E-state index contributed by atoms with van der Waals surface area (Å²) >= 11 is 0. The van der Waals surface area contributed by atoms with Crippen molar-refractivity contribution in [3.63, 3.8) is 0 Å². The third-order valence-electron chi connectivity index (χ3n) is 1.96. The summed E-state index contributed by atoms with van der Waals surface area (Å²) in [6.07, 6.45) is 2.84. The summed E-state index contributed by atoms with van der Waals surface area (Å²) in [5, 5.41) is 11.4. The summed E-state index contributed by atoms with van der Waals surface area (Å²) in [6.45, 7) is 0. The third-order valence-corrected chi connectivity index (χ3v) is 1.96. The van der Waals surface area contributed by atoms with Gasteiger partial charge in [0.05, 0.1) is 6.20 Å². The molecule has 5 N–H and O–H groups in total. The molecule has 2 aromatic rings. The highest BCUT2D eigenvalue weighted by Crippen LogP contribution is 2.14. The first kappa shape index (κ1) is 10.1. The van der Waals surface area contributed by atoms with Crippen LogP contribution in [-0.2, 0) is 0 Å². The van der Waals surface area contributed by atoms with E-state index in [-0.39, 0.29) is 11.4 Å². The van der Waals surface area contributed by atoms with Gasteiger partial charge in [0.2, 0.25) is 0 Å². The number of rotatable bonds is 2. The Bertz CT molecular complexity index is 506. The maximum atomic E-state index is 11.3. The molecular weight excluding hydrogens is 210 g/mol. The largest absolute Gasteiger partial charge is 0.383 e. The quantitative estimate of drug-likeness (QED) is 0.332. The molecule has 0 aromatic carbocycles. The molecule has 0 saturated carbocycles. The van der Waals surface area contributed by atoms with E-state index in [4.69, 9.17) is 11.6 Å². The molecule has 8 nitrogen and oxygen atoms in total. The fourth-order valence-electron chi connectivity index (χ4n) is 1.20. The van der Waals surface area contributed by atoms with Crippen LogP contribution in [0.15, 0.2) is 24.5 Å². The van der Waals surface area contributed by atoms with Gasteiger partial charge in [-0.25, -0.2) is 5.84 Å². The monoisotopic (exact) mass is 219 g/mol. The molecule has 0 aliphatic heterocycles. The van der Waals surface area contributed by atoms with Crippen molar-refractivity contribution < 1.29 is 4.79 Å². The van der Waals surface area contributed by atoms with Gasteiger partial charge < -0.3 is 5.73 Å². The number of amides is 1. The number of hydrogen-bond donors (Lipinski definition) is 3. The van der Waals surface area contributed by atoms with Crippen LogP contribution in [0.2, 0.25) is 0 Å². The van der Waals surface area contributed by atoms with E-state index in [1.807, 2.05) is 5.43 Å². The van der Waals surface area contributed by atoms with Crippen LogP contribution in [0.25, 0.3) is 5.82 Å². The Labute approximate surface area is 90.2 Å². The Hall–Kier alpha value is -2.48. The Balaban J connectivity index is 2.45. The van der Waals surface area contributed by atoms with Gasteiger partial charge in [0.25, 0.3) is 5.91 Å². The summed E-state index contributed by atoms with van der Waals surface area (Å²) in [4.78, 5) is 11.3. The number of hydrogen-bond acceptors (Lipinski definition) is 6. The Kier molecular flexibility index (Phi) is 2.48. The highest BCUT2D eigenvalue weighted by molar-refractivity contribution is 5.98. The van der Waals surface area contributed by atoms with E-state index in [0.29, 0.717) is 5.82 Å². The van der Waals surface area contributed by atoms with E-state index in [0.717, 1.165) is 0 Å². The van der Waals surface area contributed by atoms with Gasteiger partial charge in [-0.3, -0.25) is 10.2 Å². The average Bonchev–Trinajstić information content (AvgIpc) is 2.71. The third kappa shape index (κ3) is 1.57. The van der Waals surface area contributed by atoms with Crippen molar-refractivity contribution >= 4 is 11.7 Å². The zero-order valence-corrected chi connectivity index (χ0v) is 8.16. The van der Waals surface area contributed by atoms with E-state index in [1.165, 1.54) is 17.1 Å². The van der Waals surface area contributed by atoms with Gasteiger partial charge in [-0.05, 0) is 12.1 Å². The standard InChI is InChI=1S/C8H9N7O/c9-7-5(8(16)13-10)4-12-15(7)6-2-1-3-11-14-6/h1-4H,9-10H2,(H,13,16). The second-order valence-corrected chi connectivity index (χ2v) is 2.91. The molecule has 0 bridgehead atoms. The number of nitrogens with zero attached hydrogens (tertiary/aromatic N) is 4. The number of nitrogen functional groups attached to an aromatic ring is 2. The van der Waals surface area contributed by atoms with E-state index < -0.39 is 5.91 Å².